The summed E-state index contributed by atoms with van der Waals surface area (Å²) in [6.07, 6.45) is -1.63. The first-order valence-corrected chi connectivity index (χ1v) is 6.48. The molecule has 0 spiro atoms. The Morgan fingerprint density at radius 1 is 1.47 bits per heavy atom. The number of carbonyl (C=O) groups excluding carboxylic acids is 1. The van der Waals surface area contributed by atoms with Gasteiger partial charge in [0.25, 0.3) is 0 Å². The molecule has 0 radical (unpaired) electrons. The number of amides is 1. The van der Waals surface area contributed by atoms with Gasteiger partial charge in [0, 0.05) is 12.0 Å². The van der Waals surface area contributed by atoms with Gasteiger partial charge in [-0.05, 0) is 32.2 Å². The Kier molecular flexibility index (Phi) is 6.06. The Labute approximate surface area is 110 Å². The van der Waals surface area contributed by atoms with Crippen LogP contribution in [0.5, 0.6) is 0 Å². The molecule has 1 saturated carbocycles. The van der Waals surface area contributed by atoms with E-state index < -0.39 is 18.8 Å². The molecule has 1 unspecified atom stereocenters. The fraction of sp³-hybridized carbons (Fsp3) is 0.917. The summed E-state index contributed by atoms with van der Waals surface area (Å²) in [6, 6.07) is -0.436. The van der Waals surface area contributed by atoms with Crippen molar-refractivity contribution in [2.45, 2.75) is 38.4 Å². The van der Waals surface area contributed by atoms with Crippen LogP contribution >= 0.6 is 0 Å². The highest BCUT2D eigenvalue weighted by Gasteiger charge is 2.32. The van der Waals surface area contributed by atoms with Crippen molar-refractivity contribution in [1.82, 2.24) is 5.32 Å². The highest BCUT2D eigenvalue weighted by atomic mass is 19.4. The predicted octanol–water partition coefficient (Wildman–Crippen LogP) is 1.44. The standard InChI is InChI=1S/C12H21F3N2O2/c1-8(6-19-7-12(13,14)15)17-11(18)10-4-2-3-9(10)5-16/h8-10H,2-7,16H2,1H3,(H,17,18)/t8?,9-,10-/m1/s1. The zero-order valence-electron chi connectivity index (χ0n) is 11.0. The van der Waals surface area contributed by atoms with E-state index in [2.05, 4.69) is 10.1 Å². The molecule has 7 heteroatoms. The lowest BCUT2D eigenvalue weighted by molar-refractivity contribution is -0.175. The van der Waals surface area contributed by atoms with Crippen LogP contribution in [-0.2, 0) is 9.53 Å². The summed E-state index contributed by atoms with van der Waals surface area (Å²) in [5, 5.41) is 2.69. The highest BCUT2D eigenvalue weighted by Crippen LogP contribution is 2.31. The van der Waals surface area contributed by atoms with Crippen molar-refractivity contribution < 1.29 is 22.7 Å². The van der Waals surface area contributed by atoms with Gasteiger partial charge in [-0.15, -0.1) is 0 Å². The molecule has 4 nitrogen and oxygen atoms in total. The highest BCUT2D eigenvalue weighted by molar-refractivity contribution is 5.79. The second-order valence-electron chi connectivity index (χ2n) is 5.07. The van der Waals surface area contributed by atoms with Crippen LogP contribution in [0.3, 0.4) is 0 Å². The summed E-state index contributed by atoms with van der Waals surface area (Å²) in [7, 11) is 0. The molecule has 112 valence electrons. The van der Waals surface area contributed by atoms with Gasteiger partial charge in [0.05, 0.1) is 6.61 Å². The summed E-state index contributed by atoms with van der Waals surface area (Å²) in [5.74, 6) is -0.0607. The first-order chi connectivity index (χ1) is 8.83. The third kappa shape index (κ3) is 5.78. The van der Waals surface area contributed by atoms with E-state index in [0.29, 0.717) is 6.54 Å². The first kappa shape index (κ1) is 16.2. The molecule has 0 saturated heterocycles. The summed E-state index contributed by atoms with van der Waals surface area (Å²) in [4.78, 5) is 11.9. The molecule has 19 heavy (non-hydrogen) atoms. The average molecular weight is 282 g/mol. The summed E-state index contributed by atoms with van der Waals surface area (Å²) in [6.45, 7) is 0.658. The van der Waals surface area contributed by atoms with Crippen LogP contribution in [0.1, 0.15) is 26.2 Å². The third-order valence-electron chi connectivity index (χ3n) is 3.32. The predicted molar refractivity (Wildman–Crippen MR) is 64.4 cm³/mol. The number of nitrogens with two attached hydrogens (primary N) is 1. The topological polar surface area (TPSA) is 64.3 Å². The monoisotopic (exact) mass is 282 g/mol. The van der Waals surface area contributed by atoms with Gasteiger partial charge in [-0.2, -0.15) is 13.2 Å². The number of carbonyl (C=O) groups is 1. The van der Waals surface area contributed by atoms with Gasteiger partial charge >= 0.3 is 6.18 Å². The second-order valence-corrected chi connectivity index (χ2v) is 5.07. The minimum absolute atomic E-state index is 0.116. The molecule has 0 aromatic carbocycles. The van der Waals surface area contributed by atoms with Gasteiger partial charge in [-0.25, -0.2) is 0 Å². The molecule has 1 aliphatic rings. The van der Waals surface area contributed by atoms with Gasteiger partial charge < -0.3 is 15.8 Å². The number of nitrogens with one attached hydrogen (secondary N) is 1. The normalized spacial score (nSPS) is 25.3. The molecule has 1 aliphatic carbocycles. The van der Waals surface area contributed by atoms with Gasteiger partial charge in [0.2, 0.25) is 5.91 Å². The van der Waals surface area contributed by atoms with Gasteiger partial charge in [-0.3, -0.25) is 4.79 Å². The maximum atomic E-state index is 11.9. The van der Waals surface area contributed by atoms with Crippen molar-refractivity contribution in [2.75, 3.05) is 19.8 Å². The van der Waals surface area contributed by atoms with Crippen LogP contribution in [0.25, 0.3) is 0 Å². The molecule has 1 fully saturated rings. The number of hydrogen-bond acceptors (Lipinski definition) is 3. The molecule has 3 atom stereocenters. The number of hydrogen-bond donors (Lipinski definition) is 2. The van der Waals surface area contributed by atoms with E-state index in [-0.39, 0.29) is 24.3 Å². The Morgan fingerprint density at radius 2 is 2.16 bits per heavy atom. The van der Waals surface area contributed by atoms with Crippen molar-refractivity contribution in [3.8, 4) is 0 Å². The minimum Gasteiger partial charge on any atom is -0.370 e. The number of alkyl halides is 3. The fourth-order valence-electron chi connectivity index (χ4n) is 2.41. The molecule has 0 aromatic rings. The maximum absolute atomic E-state index is 11.9. The van der Waals surface area contributed by atoms with Crippen molar-refractivity contribution in [2.24, 2.45) is 17.6 Å². The first-order valence-electron chi connectivity index (χ1n) is 6.48. The molecular formula is C12H21F3N2O2. The lowest BCUT2D eigenvalue weighted by Gasteiger charge is -2.21. The van der Waals surface area contributed by atoms with Gasteiger partial charge in [0.15, 0.2) is 0 Å². The van der Waals surface area contributed by atoms with E-state index in [9.17, 15) is 18.0 Å². The Balaban J connectivity index is 2.28. The van der Waals surface area contributed by atoms with E-state index in [1.54, 1.807) is 6.92 Å². The molecule has 1 amide bonds. The van der Waals surface area contributed by atoms with E-state index in [1.807, 2.05) is 0 Å². The largest absolute Gasteiger partial charge is 0.411 e. The zero-order valence-corrected chi connectivity index (χ0v) is 11.0. The Hall–Kier alpha value is -0.820. The van der Waals surface area contributed by atoms with E-state index in [4.69, 9.17) is 5.73 Å². The summed E-state index contributed by atoms with van der Waals surface area (Å²) >= 11 is 0. The van der Waals surface area contributed by atoms with Gasteiger partial charge in [-0.1, -0.05) is 6.42 Å². The van der Waals surface area contributed by atoms with Crippen LogP contribution in [0.2, 0.25) is 0 Å². The number of rotatable bonds is 6. The van der Waals surface area contributed by atoms with Crippen LogP contribution < -0.4 is 11.1 Å². The fourth-order valence-corrected chi connectivity index (χ4v) is 2.41. The van der Waals surface area contributed by atoms with E-state index in [0.717, 1.165) is 19.3 Å². The van der Waals surface area contributed by atoms with E-state index in [1.165, 1.54) is 0 Å². The molecule has 0 bridgehead atoms. The number of halogens is 3. The van der Waals surface area contributed by atoms with Crippen LogP contribution in [0, 0.1) is 11.8 Å². The Bertz CT molecular complexity index is 297. The Morgan fingerprint density at radius 3 is 2.74 bits per heavy atom. The second kappa shape index (κ2) is 7.09. The molecular weight excluding hydrogens is 261 g/mol. The SMILES string of the molecule is CC(COCC(F)(F)F)NC(=O)[C@@H]1CCC[C@@H]1CN. The van der Waals surface area contributed by atoms with Crippen LogP contribution in [0.15, 0.2) is 0 Å². The van der Waals surface area contributed by atoms with Crippen molar-refractivity contribution in [3.63, 3.8) is 0 Å². The summed E-state index contributed by atoms with van der Waals surface area (Å²) in [5.41, 5.74) is 5.59. The lowest BCUT2D eigenvalue weighted by atomic mass is 9.95. The van der Waals surface area contributed by atoms with Gasteiger partial charge in [0.1, 0.15) is 6.61 Å². The minimum atomic E-state index is -4.33. The van der Waals surface area contributed by atoms with Crippen LogP contribution in [-0.4, -0.2) is 37.9 Å². The summed E-state index contributed by atoms with van der Waals surface area (Å²) < 4.78 is 40.2. The van der Waals surface area contributed by atoms with Crippen molar-refractivity contribution in [3.05, 3.63) is 0 Å². The lowest BCUT2D eigenvalue weighted by Crippen LogP contribution is -2.42. The van der Waals surface area contributed by atoms with Crippen molar-refractivity contribution >= 4 is 5.91 Å². The zero-order chi connectivity index (χ0) is 14.5. The van der Waals surface area contributed by atoms with Crippen LogP contribution in [0.4, 0.5) is 13.2 Å². The molecule has 3 N–H and O–H groups in total. The average Bonchev–Trinajstić information content (AvgIpc) is 2.74. The molecule has 0 aliphatic heterocycles. The van der Waals surface area contributed by atoms with E-state index >= 15 is 0 Å². The third-order valence-corrected chi connectivity index (χ3v) is 3.32. The smallest absolute Gasteiger partial charge is 0.370 e. The number of ether oxygens (including phenoxy) is 1. The molecule has 0 aromatic heterocycles. The molecule has 0 heterocycles. The quantitative estimate of drug-likeness (QED) is 0.775. The van der Waals surface area contributed by atoms with Crippen molar-refractivity contribution in [1.29, 1.82) is 0 Å². The maximum Gasteiger partial charge on any atom is 0.411 e. The molecule has 1 rings (SSSR count).